The van der Waals surface area contributed by atoms with E-state index in [0.29, 0.717) is 6.54 Å². The number of likely N-dealkylation sites (tertiary alicyclic amines) is 1. The van der Waals surface area contributed by atoms with Crippen molar-refractivity contribution < 1.29 is 4.79 Å². The number of carbonyl (C=O) groups excluding carboxylic acids is 1. The molecule has 2 heterocycles. The molecule has 1 spiro atoms. The first kappa shape index (κ1) is 13.5. The Labute approximate surface area is 131 Å². The average Bonchev–Trinajstić information content (AvgIpc) is 3.04. The van der Waals surface area contributed by atoms with Gasteiger partial charge in [0.1, 0.15) is 0 Å². The first-order chi connectivity index (χ1) is 10.7. The molecule has 0 aliphatic carbocycles. The van der Waals surface area contributed by atoms with E-state index in [9.17, 15) is 4.79 Å². The van der Waals surface area contributed by atoms with Gasteiger partial charge < -0.3 is 9.80 Å². The standard InChI is InChI=1S/C19H20N2O/c1-20-12-11-19(14-20)16-9-5-6-10-17(16)21(18(19)22)13-15-7-3-2-4-8-15/h2-10H,11-14H2,1H3. The van der Waals surface area contributed by atoms with Crippen LogP contribution in [0.5, 0.6) is 0 Å². The maximum absolute atomic E-state index is 13.2. The van der Waals surface area contributed by atoms with Gasteiger partial charge in [0, 0.05) is 12.2 Å². The van der Waals surface area contributed by atoms with Crippen LogP contribution in [0.2, 0.25) is 0 Å². The van der Waals surface area contributed by atoms with Gasteiger partial charge in [-0.25, -0.2) is 0 Å². The molecule has 2 aliphatic heterocycles. The lowest BCUT2D eigenvalue weighted by atomic mass is 9.81. The summed E-state index contributed by atoms with van der Waals surface area (Å²) in [6.45, 7) is 2.47. The summed E-state index contributed by atoms with van der Waals surface area (Å²) in [5.74, 6) is 0.266. The fourth-order valence-electron chi connectivity index (χ4n) is 3.91. The quantitative estimate of drug-likeness (QED) is 0.850. The first-order valence-corrected chi connectivity index (χ1v) is 7.85. The fourth-order valence-corrected chi connectivity index (χ4v) is 3.91. The van der Waals surface area contributed by atoms with Crippen molar-refractivity contribution in [3.05, 3.63) is 65.7 Å². The number of anilines is 1. The monoisotopic (exact) mass is 292 g/mol. The Hall–Kier alpha value is -2.13. The summed E-state index contributed by atoms with van der Waals surface area (Å²) in [7, 11) is 2.10. The number of benzene rings is 2. The Balaban J connectivity index is 1.76. The third-order valence-electron chi connectivity index (χ3n) is 5.01. The van der Waals surface area contributed by atoms with Crippen molar-refractivity contribution in [1.29, 1.82) is 0 Å². The molecule has 3 nitrogen and oxygen atoms in total. The topological polar surface area (TPSA) is 23.6 Å². The second-order valence-corrected chi connectivity index (χ2v) is 6.46. The second-order valence-electron chi connectivity index (χ2n) is 6.46. The van der Waals surface area contributed by atoms with Crippen molar-refractivity contribution in [2.24, 2.45) is 0 Å². The molecule has 1 amide bonds. The van der Waals surface area contributed by atoms with Crippen LogP contribution in [-0.2, 0) is 16.8 Å². The van der Waals surface area contributed by atoms with Crippen LogP contribution in [-0.4, -0.2) is 30.9 Å². The number of amides is 1. The maximum Gasteiger partial charge on any atom is 0.239 e. The van der Waals surface area contributed by atoms with Crippen LogP contribution in [0.4, 0.5) is 5.69 Å². The highest BCUT2D eigenvalue weighted by Gasteiger charge is 2.53. The number of carbonyl (C=O) groups is 1. The Kier molecular flexibility index (Phi) is 3.05. The molecule has 1 fully saturated rings. The lowest BCUT2D eigenvalue weighted by Gasteiger charge is -2.23. The van der Waals surface area contributed by atoms with Gasteiger partial charge in [-0.15, -0.1) is 0 Å². The summed E-state index contributed by atoms with van der Waals surface area (Å²) < 4.78 is 0. The summed E-state index contributed by atoms with van der Waals surface area (Å²) >= 11 is 0. The van der Waals surface area contributed by atoms with Crippen molar-refractivity contribution in [3.63, 3.8) is 0 Å². The van der Waals surface area contributed by atoms with Crippen LogP contribution in [0.15, 0.2) is 54.6 Å². The van der Waals surface area contributed by atoms with Crippen LogP contribution in [0.3, 0.4) is 0 Å². The predicted octanol–water partition coefficient (Wildman–Crippen LogP) is 2.81. The molecule has 0 radical (unpaired) electrons. The normalized spacial score (nSPS) is 24.2. The smallest absolute Gasteiger partial charge is 0.239 e. The lowest BCUT2D eigenvalue weighted by Crippen LogP contribution is -2.41. The summed E-state index contributed by atoms with van der Waals surface area (Å²) in [5, 5.41) is 0. The molecular formula is C19H20N2O. The van der Waals surface area contributed by atoms with Crippen molar-refractivity contribution >= 4 is 11.6 Å². The van der Waals surface area contributed by atoms with Crippen LogP contribution in [0, 0.1) is 0 Å². The van der Waals surface area contributed by atoms with Crippen molar-refractivity contribution in [1.82, 2.24) is 4.90 Å². The minimum Gasteiger partial charge on any atom is -0.307 e. The molecule has 0 saturated carbocycles. The molecule has 4 rings (SSSR count). The van der Waals surface area contributed by atoms with Gasteiger partial charge in [-0.3, -0.25) is 4.79 Å². The van der Waals surface area contributed by atoms with E-state index in [1.807, 2.05) is 29.2 Å². The molecule has 0 bridgehead atoms. The average molecular weight is 292 g/mol. The SMILES string of the molecule is CN1CCC2(C1)C(=O)N(Cc1ccccc1)c1ccccc12. The van der Waals surface area contributed by atoms with E-state index < -0.39 is 0 Å². The molecule has 1 unspecified atom stereocenters. The van der Waals surface area contributed by atoms with Crippen LogP contribution >= 0.6 is 0 Å². The lowest BCUT2D eigenvalue weighted by molar-refractivity contribution is -0.122. The summed E-state index contributed by atoms with van der Waals surface area (Å²) in [6.07, 6.45) is 0.921. The first-order valence-electron chi connectivity index (χ1n) is 7.85. The molecular weight excluding hydrogens is 272 g/mol. The van der Waals surface area contributed by atoms with E-state index in [2.05, 4.69) is 42.3 Å². The third-order valence-corrected chi connectivity index (χ3v) is 5.01. The highest BCUT2D eigenvalue weighted by Crippen LogP contribution is 2.47. The van der Waals surface area contributed by atoms with Crippen LogP contribution < -0.4 is 4.90 Å². The molecule has 2 aliphatic rings. The van der Waals surface area contributed by atoms with Gasteiger partial charge in [-0.1, -0.05) is 48.5 Å². The molecule has 3 heteroatoms. The maximum atomic E-state index is 13.2. The zero-order valence-electron chi connectivity index (χ0n) is 12.8. The van der Waals surface area contributed by atoms with E-state index >= 15 is 0 Å². The minimum absolute atomic E-state index is 0.266. The number of rotatable bonds is 2. The molecule has 0 N–H and O–H groups in total. The van der Waals surface area contributed by atoms with Crippen LogP contribution in [0.1, 0.15) is 17.5 Å². The molecule has 2 aromatic carbocycles. The summed E-state index contributed by atoms with van der Waals surface area (Å²) in [6, 6.07) is 18.5. The highest BCUT2D eigenvalue weighted by atomic mass is 16.2. The number of hydrogen-bond donors (Lipinski definition) is 0. The van der Waals surface area contributed by atoms with E-state index in [1.165, 1.54) is 11.1 Å². The summed E-state index contributed by atoms with van der Waals surface area (Å²) in [5.41, 5.74) is 3.14. The van der Waals surface area contributed by atoms with Gasteiger partial charge in [0.15, 0.2) is 0 Å². The number of fused-ring (bicyclic) bond motifs is 2. The Morgan fingerprint density at radius 1 is 1.05 bits per heavy atom. The number of para-hydroxylation sites is 1. The van der Waals surface area contributed by atoms with Gasteiger partial charge >= 0.3 is 0 Å². The molecule has 22 heavy (non-hydrogen) atoms. The van der Waals surface area contributed by atoms with Gasteiger partial charge in [-0.05, 0) is 37.2 Å². The molecule has 1 atom stereocenters. The van der Waals surface area contributed by atoms with Gasteiger partial charge in [-0.2, -0.15) is 0 Å². The van der Waals surface area contributed by atoms with Gasteiger partial charge in [0.2, 0.25) is 5.91 Å². The molecule has 1 saturated heterocycles. The predicted molar refractivity (Wildman–Crippen MR) is 87.9 cm³/mol. The third kappa shape index (κ3) is 1.89. The molecule has 0 aromatic heterocycles. The molecule has 112 valence electrons. The van der Waals surface area contributed by atoms with E-state index in [-0.39, 0.29) is 11.3 Å². The molecule has 2 aromatic rings. The van der Waals surface area contributed by atoms with Crippen molar-refractivity contribution in [2.75, 3.05) is 25.0 Å². The zero-order valence-corrected chi connectivity index (χ0v) is 12.8. The number of hydrogen-bond acceptors (Lipinski definition) is 2. The van der Waals surface area contributed by atoms with Gasteiger partial charge in [0.05, 0.1) is 12.0 Å². The minimum atomic E-state index is -0.333. The highest BCUT2D eigenvalue weighted by molar-refractivity contribution is 6.08. The van der Waals surface area contributed by atoms with E-state index in [0.717, 1.165) is 25.2 Å². The Morgan fingerprint density at radius 3 is 2.50 bits per heavy atom. The Morgan fingerprint density at radius 2 is 1.77 bits per heavy atom. The fraction of sp³-hybridized carbons (Fsp3) is 0.316. The Bertz CT molecular complexity index is 712. The van der Waals surface area contributed by atoms with Crippen LogP contribution in [0.25, 0.3) is 0 Å². The second kappa shape index (κ2) is 4.96. The van der Waals surface area contributed by atoms with E-state index in [4.69, 9.17) is 0 Å². The largest absolute Gasteiger partial charge is 0.307 e. The van der Waals surface area contributed by atoms with E-state index in [1.54, 1.807) is 0 Å². The number of nitrogens with zero attached hydrogens (tertiary/aromatic N) is 2. The van der Waals surface area contributed by atoms with Gasteiger partial charge in [0.25, 0.3) is 0 Å². The number of likely N-dealkylation sites (N-methyl/N-ethyl adjacent to an activating group) is 1. The zero-order chi connectivity index (χ0) is 15.2. The summed E-state index contributed by atoms with van der Waals surface area (Å²) in [4.78, 5) is 17.5. The van der Waals surface area contributed by atoms with Crippen molar-refractivity contribution in [3.8, 4) is 0 Å². The van der Waals surface area contributed by atoms with Crippen molar-refractivity contribution in [2.45, 2.75) is 18.4 Å².